The molecule has 1 aliphatic heterocycles. The number of benzene rings is 1. The minimum absolute atomic E-state index is 0.0978. The van der Waals surface area contributed by atoms with Gasteiger partial charge in [-0.25, -0.2) is 0 Å². The van der Waals surface area contributed by atoms with Crippen LogP contribution in [0.2, 0.25) is 0 Å². The van der Waals surface area contributed by atoms with Gasteiger partial charge >= 0.3 is 0 Å². The van der Waals surface area contributed by atoms with Crippen LogP contribution in [0.15, 0.2) is 40.5 Å². The quantitative estimate of drug-likeness (QED) is 0.483. The molecule has 0 spiro atoms. The molecule has 0 aromatic heterocycles. The standard InChI is InChI=1S/C28H37NO3/c1-6-7-10-13-32-23-12-9-8-11-18(23)24-25-19(14-27(2,3)16-21(25)30)29-20-15-28(4,5)17-22(31)26(20)24/h8-9,11-12,24-25H,6-7,10,13-17H2,1-5H3/t24-,25?/m1/s1. The summed E-state index contributed by atoms with van der Waals surface area (Å²) in [5.41, 5.74) is 3.38. The highest BCUT2D eigenvalue weighted by Crippen LogP contribution is 2.52. The zero-order valence-corrected chi connectivity index (χ0v) is 20.3. The molecular weight excluding hydrogens is 398 g/mol. The Kier molecular flexibility index (Phi) is 6.17. The number of ketones is 2. The maximum atomic E-state index is 13.5. The van der Waals surface area contributed by atoms with Gasteiger partial charge in [0.15, 0.2) is 5.78 Å². The Bertz CT molecular complexity index is 982. The summed E-state index contributed by atoms with van der Waals surface area (Å²) in [6.45, 7) is 11.4. The summed E-state index contributed by atoms with van der Waals surface area (Å²) < 4.78 is 6.22. The summed E-state index contributed by atoms with van der Waals surface area (Å²) >= 11 is 0. The van der Waals surface area contributed by atoms with Crippen molar-refractivity contribution in [1.82, 2.24) is 0 Å². The monoisotopic (exact) mass is 435 g/mol. The van der Waals surface area contributed by atoms with Gasteiger partial charge in [-0.1, -0.05) is 65.7 Å². The highest BCUT2D eigenvalue weighted by molar-refractivity contribution is 6.13. The molecule has 0 saturated heterocycles. The highest BCUT2D eigenvalue weighted by atomic mass is 16.5. The van der Waals surface area contributed by atoms with Crippen LogP contribution in [-0.4, -0.2) is 23.9 Å². The molecule has 1 unspecified atom stereocenters. The number of para-hydroxylation sites is 1. The largest absolute Gasteiger partial charge is 0.493 e. The molecule has 1 aromatic carbocycles. The van der Waals surface area contributed by atoms with Gasteiger partial charge in [0.25, 0.3) is 0 Å². The van der Waals surface area contributed by atoms with Crippen molar-refractivity contribution in [2.45, 2.75) is 85.5 Å². The summed E-state index contributed by atoms with van der Waals surface area (Å²) in [5, 5.41) is 0. The number of rotatable bonds is 6. The third-order valence-corrected chi connectivity index (χ3v) is 7.10. The molecule has 172 valence electrons. The van der Waals surface area contributed by atoms with Crippen LogP contribution in [0, 0.1) is 16.7 Å². The molecule has 4 heteroatoms. The normalized spacial score (nSPS) is 26.3. The molecule has 0 radical (unpaired) electrons. The molecule has 1 fully saturated rings. The van der Waals surface area contributed by atoms with Crippen LogP contribution in [0.4, 0.5) is 0 Å². The van der Waals surface area contributed by atoms with Crippen LogP contribution >= 0.6 is 0 Å². The van der Waals surface area contributed by atoms with Gasteiger partial charge in [0.1, 0.15) is 11.5 Å². The first-order chi connectivity index (χ1) is 15.1. The lowest BCUT2D eigenvalue weighted by Gasteiger charge is -2.44. The second kappa shape index (κ2) is 8.61. The SMILES string of the molecule is CCCCCOc1ccccc1[C@H]1C2=C(CC(C)(C)CC2=O)N=C2CC(C)(C)CC(=O)C21. The Morgan fingerprint density at radius 1 is 0.938 bits per heavy atom. The van der Waals surface area contributed by atoms with Crippen LogP contribution < -0.4 is 4.74 Å². The summed E-state index contributed by atoms with van der Waals surface area (Å²) in [4.78, 5) is 32.0. The van der Waals surface area contributed by atoms with Gasteiger partial charge in [-0.05, 0) is 36.2 Å². The smallest absolute Gasteiger partial charge is 0.161 e. The van der Waals surface area contributed by atoms with E-state index in [1.807, 2.05) is 24.3 Å². The molecule has 4 nitrogen and oxygen atoms in total. The number of ether oxygens (including phenoxy) is 1. The molecule has 1 heterocycles. The summed E-state index contributed by atoms with van der Waals surface area (Å²) in [5.74, 6) is 0.508. The van der Waals surface area contributed by atoms with Gasteiger partial charge in [0, 0.05) is 41.3 Å². The molecule has 4 rings (SSSR count). The van der Waals surface area contributed by atoms with Crippen LogP contribution in [0.1, 0.15) is 91.0 Å². The van der Waals surface area contributed by atoms with E-state index < -0.39 is 0 Å². The third-order valence-electron chi connectivity index (χ3n) is 7.10. The lowest BCUT2D eigenvalue weighted by molar-refractivity contribution is -0.124. The minimum atomic E-state index is -0.354. The van der Waals surface area contributed by atoms with Crippen LogP contribution in [0.25, 0.3) is 0 Å². The van der Waals surface area contributed by atoms with Gasteiger partial charge in [0.05, 0.1) is 12.5 Å². The zero-order chi connectivity index (χ0) is 23.1. The van der Waals surface area contributed by atoms with E-state index in [2.05, 4.69) is 34.6 Å². The second-order valence-electron chi connectivity index (χ2n) is 11.4. The van der Waals surface area contributed by atoms with Crippen LogP contribution in [0.5, 0.6) is 5.75 Å². The van der Waals surface area contributed by atoms with Gasteiger partial charge in [-0.2, -0.15) is 0 Å². The number of nitrogens with zero attached hydrogens (tertiary/aromatic N) is 1. The fraction of sp³-hybridized carbons (Fsp3) is 0.607. The number of carbonyl (C=O) groups excluding carboxylic acids is 2. The summed E-state index contributed by atoms with van der Waals surface area (Å²) in [7, 11) is 0. The fourth-order valence-corrected chi connectivity index (χ4v) is 5.75. The van der Waals surface area contributed by atoms with Gasteiger partial charge in [0.2, 0.25) is 0 Å². The van der Waals surface area contributed by atoms with E-state index in [0.717, 1.165) is 60.4 Å². The Balaban J connectivity index is 1.81. The van der Waals surface area contributed by atoms with Gasteiger partial charge in [-0.3, -0.25) is 14.6 Å². The zero-order valence-electron chi connectivity index (χ0n) is 20.3. The molecule has 0 bridgehead atoms. The number of unbranched alkanes of at least 4 members (excludes halogenated alkanes) is 2. The highest BCUT2D eigenvalue weighted by Gasteiger charge is 2.50. The first-order valence-corrected chi connectivity index (χ1v) is 12.2. The molecule has 32 heavy (non-hydrogen) atoms. The molecular formula is C28H37NO3. The molecule has 1 aromatic rings. The van der Waals surface area contributed by atoms with Crippen molar-refractivity contribution < 1.29 is 14.3 Å². The van der Waals surface area contributed by atoms with E-state index >= 15 is 0 Å². The maximum Gasteiger partial charge on any atom is 0.161 e. The topological polar surface area (TPSA) is 55.7 Å². The van der Waals surface area contributed by atoms with Gasteiger partial charge < -0.3 is 4.74 Å². The van der Waals surface area contributed by atoms with Gasteiger partial charge in [-0.15, -0.1) is 0 Å². The molecule has 1 saturated carbocycles. The Hall–Kier alpha value is -2.23. The second-order valence-corrected chi connectivity index (χ2v) is 11.4. The minimum Gasteiger partial charge on any atom is -0.493 e. The average Bonchev–Trinajstić information content (AvgIpc) is 2.68. The lowest BCUT2D eigenvalue weighted by Crippen LogP contribution is -2.45. The van der Waals surface area contributed by atoms with E-state index in [4.69, 9.17) is 9.73 Å². The number of aliphatic imine (C=N–C) groups is 1. The average molecular weight is 436 g/mol. The fourth-order valence-electron chi connectivity index (χ4n) is 5.75. The van der Waals surface area contributed by atoms with Crippen molar-refractivity contribution in [2.24, 2.45) is 21.7 Å². The number of Topliss-reactive ketones (excluding diaryl/α,β-unsaturated/α-hetero) is 2. The molecule has 0 N–H and O–H groups in total. The summed E-state index contributed by atoms with van der Waals surface area (Å²) in [6.07, 6.45) is 5.86. The van der Waals surface area contributed by atoms with Crippen molar-refractivity contribution >= 4 is 17.3 Å². The van der Waals surface area contributed by atoms with Crippen molar-refractivity contribution in [1.29, 1.82) is 0 Å². The summed E-state index contributed by atoms with van der Waals surface area (Å²) in [6, 6.07) is 8.01. The van der Waals surface area contributed by atoms with E-state index in [1.165, 1.54) is 0 Å². The van der Waals surface area contributed by atoms with E-state index in [9.17, 15) is 9.59 Å². The van der Waals surface area contributed by atoms with E-state index in [0.29, 0.717) is 19.4 Å². The Morgan fingerprint density at radius 3 is 2.41 bits per heavy atom. The van der Waals surface area contributed by atoms with Crippen molar-refractivity contribution in [2.75, 3.05) is 6.61 Å². The van der Waals surface area contributed by atoms with E-state index in [1.54, 1.807) is 0 Å². The van der Waals surface area contributed by atoms with Crippen LogP contribution in [-0.2, 0) is 9.59 Å². The predicted molar refractivity (Wildman–Crippen MR) is 128 cm³/mol. The molecule has 0 amide bonds. The Labute approximate surface area is 192 Å². The van der Waals surface area contributed by atoms with E-state index in [-0.39, 0.29) is 34.2 Å². The number of hydrogen-bond donors (Lipinski definition) is 0. The molecule has 2 atom stereocenters. The van der Waals surface area contributed by atoms with Crippen molar-refractivity contribution in [3.63, 3.8) is 0 Å². The lowest BCUT2D eigenvalue weighted by atomic mass is 9.60. The maximum absolute atomic E-state index is 13.5. The molecule has 2 aliphatic carbocycles. The first kappa shape index (κ1) is 22.9. The number of fused-ring (bicyclic) bond motifs is 1. The third kappa shape index (κ3) is 4.46. The number of carbonyl (C=O) groups is 2. The molecule has 3 aliphatic rings. The first-order valence-electron chi connectivity index (χ1n) is 12.2. The predicted octanol–water partition coefficient (Wildman–Crippen LogP) is 6.44. The number of allylic oxidation sites excluding steroid dienone is 2. The number of hydrogen-bond acceptors (Lipinski definition) is 4. The Morgan fingerprint density at radius 2 is 1.66 bits per heavy atom. The van der Waals surface area contributed by atoms with Crippen molar-refractivity contribution in [3.05, 3.63) is 41.1 Å². The van der Waals surface area contributed by atoms with Crippen molar-refractivity contribution in [3.8, 4) is 5.75 Å². The van der Waals surface area contributed by atoms with Crippen LogP contribution in [0.3, 0.4) is 0 Å².